The average molecular weight is 346 g/mol. The van der Waals surface area contributed by atoms with Gasteiger partial charge >= 0.3 is 0 Å². The van der Waals surface area contributed by atoms with Crippen LogP contribution in [0.25, 0.3) is 11.3 Å². The number of furan rings is 1. The molecular weight excluding hydrogens is 331 g/mol. The van der Waals surface area contributed by atoms with Crippen molar-refractivity contribution in [2.75, 3.05) is 0 Å². The molecule has 2 aromatic heterocycles. The van der Waals surface area contributed by atoms with Crippen LogP contribution in [0.1, 0.15) is 12.7 Å². The Balaban J connectivity index is 1.57. The highest BCUT2D eigenvalue weighted by atomic mass is 32.2. The Morgan fingerprint density at radius 3 is 2.83 bits per heavy atom. The van der Waals surface area contributed by atoms with E-state index in [1.54, 1.807) is 43.6 Å². The van der Waals surface area contributed by atoms with Crippen molar-refractivity contribution < 1.29 is 18.0 Å². The van der Waals surface area contributed by atoms with Gasteiger partial charge in [0, 0.05) is 5.56 Å². The molecule has 1 N–H and O–H groups in total. The van der Waals surface area contributed by atoms with Gasteiger partial charge in [-0.15, -0.1) is 0 Å². The highest BCUT2D eigenvalue weighted by Gasteiger charge is 2.18. The van der Waals surface area contributed by atoms with Crippen LogP contribution in [0.15, 0.2) is 62.9 Å². The third-order valence-electron chi connectivity index (χ3n) is 3.28. The molecule has 0 saturated heterocycles. The molecule has 3 aromatic rings. The van der Waals surface area contributed by atoms with E-state index in [-0.39, 0.29) is 17.0 Å². The molecule has 0 spiro atoms. The number of nitrogens with zero attached hydrogens (tertiary/aromatic N) is 1. The Hall–Kier alpha value is -2.54. The number of amides is 1. The summed E-state index contributed by atoms with van der Waals surface area (Å²) in [5.41, 5.74) is 0.727. The van der Waals surface area contributed by atoms with Gasteiger partial charge < -0.3 is 14.2 Å². The van der Waals surface area contributed by atoms with Gasteiger partial charge in [0.25, 0.3) is 5.22 Å². The van der Waals surface area contributed by atoms with Crippen molar-refractivity contribution in [2.24, 2.45) is 0 Å². The van der Waals surface area contributed by atoms with Crippen LogP contribution in [0.5, 0.6) is 0 Å². The zero-order valence-corrected chi connectivity index (χ0v) is 13.7. The van der Waals surface area contributed by atoms with Gasteiger partial charge in [0.1, 0.15) is 11.6 Å². The number of rotatable bonds is 6. The summed E-state index contributed by atoms with van der Waals surface area (Å²) in [4.78, 5) is 16.2. The molecule has 0 saturated carbocycles. The predicted octanol–water partition coefficient (Wildman–Crippen LogP) is 3.87. The minimum Gasteiger partial charge on any atom is -0.467 e. The molecule has 0 aliphatic heterocycles. The normalized spacial score (nSPS) is 12.1. The van der Waals surface area contributed by atoms with E-state index in [2.05, 4.69) is 10.3 Å². The molecule has 0 radical (unpaired) electrons. The van der Waals surface area contributed by atoms with Gasteiger partial charge in [0.15, 0.2) is 5.76 Å². The first kappa shape index (κ1) is 16.3. The molecule has 124 valence electrons. The van der Waals surface area contributed by atoms with Crippen molar-refractivity contribution in [3.8, 4) is 11.3 Å². The summed E-state index contributed by atoms with van der Waals surface area (Å²) in [5.74, 6) is 0.767. The molecule has 24 heavy (non-hydrogen) atoms. The number of hydrogen-bond donors (Lipinski definition) is 1. The fourth-order valence-electron chi connectivity index (χ4n) is 2.00. The maximum atomic E-state index is 12.9. The number of carbonyl (C=O) groups is 1. The molecule has 0 unspecified atom stereocenters. The molecular formula is C17H15FN2O3S. The van der Waals surface area contributed by atoms with Crippen molar-refractivity contribution in [1.29, 1.82) is 0 Å². The fraction of sp³-hybridized carbons (Fsp3) is 0.176. The molecule has 0 fully saturated rings. The summed E-state index contributed by atoms with van der Waals surface area (Å²) in [5, 5.41) is 2.79. The highest BCUT2D eigenvalue weighted by Crippen LogP contribution is 2.28. The lowest BCUT2D eigenvalue weighted by molar-refractivity contribution is -0.120. The number of hydrogen-bond acceptors (Lipinski definition) is 5. The topological polar surface area (TPSA) is 68.3 Å². The van der Waals surface area contributed by atoms with Crippen LogP contribution < -0.4 is 5.32 Å². The first-order valence-corrected chi connectivity index (χ1v) is 8.18. The van der Waals surface area contributed by atoms with Crippen molar-refractivity contribution in [3.05, 3.63) is 60.4 Å². The van der Waals surface area contributed by atoms with E-state index in [0.29, 0.717) is 23.3 Å². The zero-order valence-electron chi connectivity index (χ0n) is 12.9. The van der Waals surface area contributed by atoms with Gasteiger partial charge in [-0.25, -0.2) is 9.37 Å². The third-order valence-corrected chi connectivity index (χ3v) is 4.23. The van der Waals surface area contributed by atoms with Crippen LogP contribution in [0.3, 0.4) is 0 Å². The number of oxazole rings is 1. The molecule has 0 aliphatic carbocycles. The number of aromatic nitrogens is 1. The summed E-state index contributed by atoms with van der Waals surface area (Å²) in [6.45, 7) is 2.10. The second-order valence-electron chi connectivity index (χ2n) is 5.05. The first-order chi connectivity index (χ1) is 11.6. The van der Waals surface area contributed by atoms with E-state index in [0.717, 1.165) is 5.56 Å². The molecule has 2 heterocycles. The zero-order chi connectivity index (χ0) is 16.9. The van der Waals surface area contributed by atoms with Gasteiger partial charge in [-0.1, -0.05) is 11.8 Å². The number of halogens is 1. The van der Waals surface area contributed by atoms with Gasteiger partial charge in [0.2, 0.25) is 5.91 Å². The molecule has 1 aromatic carbocycles. The van der Waals surface area contributed by atoms with Crippen LogP contribution in [0.2, 0.25) is 0 Å². The fourth-order valence-corrected chi connectivity index (χ4v) is 2.74. The number of thioether (sulfide) groups is 1. The van der Waals surface area contributed by atoms with Crippen LogP contribution in [0, 0.1) is 5.82 Å². The second kappa shape index (κ2) is 7.35. The lowest BCUT2D eigenvalue weighted by atomic mass is 10.2. The highest BCUT2D eigenvalue weighted by molar-refractivity contribution is 8.00. The number of nitrogens with one attached hydrogen (secondary N) is 1. The Kier molecular flexibility index (Phi) is 5.00. The third kappa shape index (κ3) is 4.05. The summed E-state index contributed by atoms with van der Waals surface area (Å²) >= 11 is 1.21. The van der Waals surface area contributed by atoms with Gasteiger partial charge in [-0.05, 0) is 43.3 Å². The Labute approximate surface area is 142 Å². The first-order valence-electron chi connectivity index (χ1n) is 7.30. The average Bonchev–Trinajstić information content (AvgIpc) is 3.25. The monoisotopic (exact) mass is 346 g/mol. The van der Waals surface area contributed by atoms with Gasteiger partial charge in [-0.3, -0.25) is 4.79 Å². The smallest absolute Gasteiger partial charge is 0.256 e. The lowest BCUT2D eigenvalue weighted by Gasteiger charge is -2.08. The molecule has 0 bridgehead atoms. The van der Waals surface area contributed by atoms with E-state index in [9.17, 15) is 9.18 Å². The molecule has 7 heteroatoms. The maximum absolute atomic E-state index is 12.9. The van der Waals surface area contributed by atoms with E-state index in [4.69, 9.17) is 8.83 Å². The largest absolute Gasteiger partial charge is 0.467 e. The summed E-state index contributed by atoms with van der Waals surface area (Å²) in [7, 11) is 0. The molecule has 3 rings (SSSR count). The molecule has 1 amide bonds. The van der Waals surface area contributed by atoms with E-state index < -0.39 is 0 Å². The number of carbonyl (C=O) groups excluding carboxylic acids is 1. The predicted molar refractivity (Wildman–Crippen MR) is 87.8 cm³/mol. The molecule has 5 nitrogen and oxygen atoms in total. The SMILES string of the molecule is C[C@@H](Sc1ncc(-c2ccc(F)cc2)o1)C(=O)NCc1ccco1. The molecule has 0 aliphatic rings. The van der Waals surface area contributed by atoms with Crippen LogP contribution in [-0.4, -0.2) is 16.1 Å². The van der Waals surface area contributed by atoms with Crippen molar-refractivity contribution in [2.45, 2.75) is 23.9 Å². The minimum atomic E-state index is -0.375. The summed E-state index contributed by atoms with van der Waals surface area (Å²) in [6.07, 6.45) is 3.12. The van der Waals surface area contributed by atoms with Crippen LogP contribution in [0.4, 0.5) is 4.39 Å². The van der Waals surface area contributed by atoms with Crippen molar-refractivity contribution in [3.63, 3.8) is 0 Å². The minimum absolute atomic E-state index is 0.141. The van der Waals surface area contributed by atoms with Gasteiger partial charge in [-0.2, -0.15) is 0 Å². The Bertz CT molecular complexity index is 800. The van der Waals surface area contributed by atoms with Crippen LogP contribution >= 0.6 is 11.8 Å². The second-order valence-corrected chi connectivity index (χ2v) is 6.35. The quantitative estimate of drug-likeness (QED) is 0.686. The standard InChI is InChI=1S/C17H15FN2O3S/c1-11(16(21)19-9-14-3-2-8-22-14)24-17-20-10-15(23-17)12-4-6-13(18)7-5-12/h2-8,10-11H,9H2,1H3,(H,19,21)/t11-/m1/s1. The van der Waals surface area contributed by atoms with E-state index in [1.165, 1.54) is 23.9 Å². The van der Waals surface area contributed by atoms with Crippen LogP contribution in [-0.2, 0) is 11.3 Å². The van der Waals surface area contributed by atoms with E-state index in [1.807, 2.05) is 0 Å². The van der Waals surface area contributed by atoms with E-state index >= 15 is 0 Å². The number of benzene rings is 1. The van der Waals surface area contributed by atoms with Crippen molar-refractivity contribution in [1.82, 2.24) is 10.3 Å². The Morgan fingerprint density at radius 1 is 1.33 bits per heavy atom. The van der Waals surface area contributed by atoms with Crippen molar-refractivity contribution >= 4 is 17.7 Å². The lowest BCUT2D eigenvalue weighted by Crippen LogP contribution is -2.30. The maximum Gasteiger partial charge on any atom is 0.256 e. The van der Waals surface area contributed by atoms with Gasteiger partial charge in [0.05, 0.1) is 24.3 Å². The Morgan fingerprint density at radius 2 is 2.12 bits per heavy atom. The summed E-state index contributed by atoms with van der Waals surface area (Å²) < 4.78 is 23.7. The molecule has 1 atom stereocenters. The summed E-state index contributed by atoms with van der Waals surface area (Å²) in [6, 6.07) is 9.50.